The fraction of sp³-hybridized carbons (Fsp3) is 0.222. The van der Waals surface area contributed by atoms with Gasteiger partial charge in [0.25, 0.3) is 5.69 Å². The number of carbonyl (C=O) groups excluding carboxylic acids is 2. The second-order valence-corrected chi connectivity index (χ2v) is 8.98. The molecule has 1 saturated heterocycles. The number of hydrogen-bond acceptors (Lipinski definition) is 9. The van der Waals surface area contributed by atoms with Gasteiger partial charge in [0.05, 0.1) is 30.5 Å². The van der Waals surface area contributed by atoms with Crippen LogP contribution in [0.15, 0.2) is 85.2 Å². The third kappa shape index (κ3) is 4.60. The Labute approximate surface area is 218 Å². The molecule has 0 spiro atoms. The van der Waals surface area contributed by atoms with Gasteiger partial charge in [0, 0.05) is 35.8 Å². The summed E-state index contributed by atoms with van der Waals surface area (Å²) in [5.41, 5.74) is 4.71. The van der Waals surface area contributed by atoms with Crippen LogP contribution in [0.1, 0.15) is 17.2 Å². The number of anilines is 1. The number of hydrazine groups is 1. The molecule has 2 amide bonds. The van der Waals surface area contributed by atoms with Gasteiger partial charge in [-0.15, -0.1) is 0 Å². The van der Waals surface area contributed by atoms with Crippen LogP contribution in [0.3, 0.4) is 0 Å². The first-order valence-electron chi connectivity index (χ1n) is 11.9. The molecule has 194 valence electrons. The van der Waals surface area contributed by atoms with Crippen LogP contribution in [0, 0.1) is 16.0 Å². The standard InChI is InChI=1S/C27H25N5O6/c1-38-23-7-3-2-6-20(23)25(33)22-13-12-21-24(31(22)29-18-8-10-19(11-9-18)32(36)37)27(35)30(26(21)34)16-17-5-4-14-28-15-17/h2-15,21-22,24-25,29,33H,16H2,1H3/t21-,22-,24+,25-/m1/s1. The number of aromatic nitrogens is 1. The lowest BCUT2D eigenvalue weighted by atomic mass is 9.90. The Balaban J connectivity index is 1.51. The number of aliphatic hydroxyl groups excluding tert-OH is 1. The molecule has 38 heavy (non-hydrogen) atoms. The molecular weight excluding hydrogens is 490 g/mol. The van der Waals surface area contributed by atoms with Crippen LogP contribution in [-0.2, 0) is 16.1 Å². The molecule has 0 radical (unpaired) electrons. The third-order valence-corrected chi connectivity index (χ3v) is 6.73. The number of ether oxygens (including phenoxy) is 1. The number of hydrogen-bond donors (Lipinski definition) is 2. The van der Waals surface area contributed by atoms with Gasteiger partial charge in [-0.25, -0.2) is 5.01 Å². The summed E-state index contributed by atoms with van der Waals surface area (Å²) in [6.45, 7) is 0.0669. The van der Waals surface area contributed by atoms with Crippen molar-refractivity contribution in [2.75, 3.05) is 12.5 Å². The van der Waals surface area contributed by atoms with E-state index in [2.05, 4.69) is 10.4 Å². The van der Waals surface area contributed by atoms with E-state index >= 15 is 0 Å². The number of rotatable bonds is 8. The van der Waals surface area contributed by atoms with E-state index < -0.39 is 34.9 Å². The molecule has 2 aliphatic heterocycles. The van der Waals surface area contributed by atoms with Crippen LogP contribution < -0.4 is 10.2 Å². The second kappa shape index (κ2) is 10.4. The number of fused-ring (bicyclic) bond motifs is 1. The summed E-state index contributed by atoms with van der Waals surface area (Å²) in [4.78, 5) is 42.9. The lowest BCUT2D eigenvalue weighted by Crippen LogP contribution is -2.55. The van der Waals surface area contributed by atoms with Crippen molar-refractivity contribution in [1.82, 2.24) is 14.9 Å². The van der Waals surface area contributed by atoms with Crippen molar-refractivity contribution >= 4 is 23.2 Å². The zero-order valence-electron chi connectivity index (χ0n) is 20.4. The van der Waals surface area contributed by atoms with Crippen LogP contribution in [0.25, 0.3) is 0 Å². The average molecular weight is 516 g/mol. The summed E-state index contributed by atoms with van der Waals surface area (Å²) in [6, 6.07) is 14.5. The number of likely N-dealkylation sites (tertiary alicyclic amines) is 1. The number of nitrogens with one attached hydrogen (secondary N) is 1. The maximum atomic E-state index is 13.7. The zero-order chi connectivity index (χ0) is 26.8. The summed E-state index contributed by atoms with van der Waals surface area (Å²) in [7, 11) is 1.50. The van der Waals surface area contributed by atoms with Crippen molar-refractivity contribution in [3.05, 3.63) is 106 Å². The molecule has 2 aromatic carbocycles. The lowest BCUT2D eigenvalue weighted by Gasteiger charge is -2.40. The van der Waals surface area contributed by atoms with Crippen molar-refractivity contribution in [2.24, 2.45) is 5.92 Å². The van der Waals surface area contributed by atoms with Gasteiger partial charge in [0.2, 0.25) is 11.8 Å². The second-order valence-electron chi connectivity index (χ2n) is 8.98. The van der Waals surface area contributed by atoms with E-state index in [9.17, 15) is 24.8 Å². The predicted octanol–water partition coefficient (Wildman–Crippen LogP) is 2.85. The Kier molecular flexibility index (Phi) is 6.86. The highest BCUT2D eigenvalue weighted by Gasteiger charge is 2.53. The van der Waals surface area contributed by atoms with Gasteiger partial charge in [-0.3, -0.25) is 29.6 Å². The van der Waals surface area contributed by atoms with Crippen LogP contribution >= 0.6 is 0 Å². The Morgan fingerprint density at radius 1 is 1.08 bits per heavy atom. The Bertz CT molecular complexity index is 1380. The van der Waals surface area contributed by atoms with Gasteiger partial charge >= 0.3 is 0 Å². The minimum absolute atomic E-state index is 0.0669. The SMILES string of the molecule is COc1ccccc1[C@@H](O)[C@H]1C=C[C@H]2C(=O)N(Cc3cccnc3)C(=O)[C@H]2N1Nc1ccc([N+](=O)[O-])cc1. The van der Waals surface area contributed by atoms with Crippen molar-refractivity contribution in [3.8, 4) is 5.75 Å². The average Bonchev–Trinajstić information content (AvgIpc) is 3.18. The molecular formula is C27H25N5O6. The number of non-ortho nitro benzene ring substituents is 1. The summed E-state index contributed by atoms with van der Waals surface area (Å²) < 4.78 is 5.43. The van der Waals surface area contributed by atoms with Gasteiger partial charge in [-0.05, 0) is 29.8 Å². The van der Waals surface area contributed by atoms with E-state index in [-0.39, 0.29) is 18.1 Å². The minimum Gasteiger partial charge on any atom is -0.496 e. The number of imide groups is 1. The topological polar surface area (TPSA) is 138 Å². The molecule has 3 aromatic rings. The first kappa shape index (κ1) is 25.1. The summed E-state index contributed by atoms with van der Waals surface area (Å²) in [5.74, 6) is -1.11. The molecule has 0 unspecified atom stereocenters. The smallest absolute Gasteiger partial charge is 0.269 e. The first-order chi connectivity index (χ1) is 18.4. The fourth-order valence-electron chi connectivity index (χ4n) is 4.86. The number of pyridine rings is 1. The van der Waals surface area contributed by atoms with Gasteiger partial charge in [-0.1, -0.05) is 36.4 Å². The number of para-hydroxylation sites is 1. The molecule has 1 aromatic heterocycles. The molecule has 1 fully saturated rings. The van der Waals surface area contributed by atoms with Crippen molar-refractivity contribution in [1.29, 1.82) is 0 Å². The van der Waals surface area contributed by atoms with E-state index in [0.717, 1.165) is 0 Å². The maximum Gasteiger partial charge on any atom is 0.269 e. The van der Waals surface area contributed by atoms with Crippen molar-refractivity contribution in [2.45, 2.75) is 24.7 Å². The quantitative estimate of drug-likeness (QED) is 0.201. The number of nitrogens with zero attached hydrogens (tertiary/aromatic N) is 4. The highest BCUT2D eigenvalue weighted by molar-refractivity contribution is 6.08. The molecule has 11 heteroatoms. The van der Waals surface area contributed by atoms with Crippen molar-refractivity contribution in [3.63, 3.8) is 0 Å². The molecule has 0 aliphatic carbocycles. The summed E-state index contributed by atoms with van der Waals surface area (Å²) in [6.07, 6.45) is 5.42. The van der Waals surface area contributed by atoms with E-state index in [1.54, 1.807) is 66.0 Å². The normalized spacial score (nSPS) is 21.7. The van der Waals surface area contributed by atoms with Crippen LogP contribution in [0.5, 0.6) is 5.75 Å². The molecule has 3 heterocycles. The molecule has 11 nitrogen and oxygen atoms in total. The van der Waals surface area contributed by atoms with E-state index in [0.29, 0.717) is 22.6 Å². The number of benzene rings is 2. The van der Waals surface area contributed by atoms with Gasteiger partial charge in [0.15, 0.2) is 0 Å². The van der Waals surface area contributed by atoms with Crippen LogP contribution in [0.2, 0.25) is 0 Å². The highest BCUT2D eigenvalue weighted by Crippen LogP contribution is 2.38. The number of nitro benzene ring substituents is 1. The molecule has 0 bridgehead atoms. The molecule has 4 atom stereocenters. The molecule has 2 N–H and O–H groups in total. The highest BCUT2D eigenvalue weighted by atomic mass is 16.6. The Morgan fingerprint density at radius 2 is 1.84 bits per heavy atom. The van der Waals surface area contributed by atoms with Gasteiger partial charge < -0.3 is 15.3 Å². The van der Waals surface area contributed by atoms with E-state index in [1.807, 2.05) is 0 Å². The van der Waals surface area contributed by atoms with Crippen LogP contribution in [-0.4, -0.2) is 55.9 Å². The number of carbonyl (C=O) groups is 2. The third-order valence-electron chi connectivity index (χ3n) is 6.73. The zero-order valence-corrected chi connectivity index (χ0v) is 20.4. The predicted molar refractivity (Wildman–Crippen MR) is 137 cm³/mol. The van der Waals surface area contributed by atoms with E-state index in [1.165, 1.54) is 36.3 Å². The fourth-order valence-corrected chi connectivity index (χ4v) is 4.86. The molecule has 0 saturated carbocycles. The maximum absolute atomic E-state index is 13.7. The van der Waals surface area contributed by atoms with Crippen molar-refractivity contribution < 1.29 is 24.4 Å². The van der Waals surface area contributed by atoms with E-state index in [4.69, 9.17) is 4.74 Å². The summed E-state index contributed by atoms with van der Waals surface area (Å²) >= 11 is 0. The Morgan fingerprint density at radius 3 is 2.53 bits per heavy atom. The van der Waals surface area contributed by atoms with Crippen LogP contribution in [0.4, 0.5) is 11.4 Å². The lowest BCUT2D eigenvalue weighted by molar-refractivity contribution is -0.384. The number of nitro groups is 1. The first-order valence-corrected chi connectivity index (χ1v) is 11.9. The minimum atomic E-state index is -1.14. The summed E-state index contributed by atoms with van der Waals surface area (Å²) in [5, 5.41) is 24.1. The molecule has 5 rings (SSSR count). The number of methoxy groups -OCH3 is 1. The largest absolute Gasteiger partial charge is 0.496 e. The number of aliphatic hydroxyl groups is 1. The molecule has 2 aliphatic rings. The Hall–Kier alpha value is -4.61. The number of amides is 2. The van der Waals surface area contributed by atoms with Gasteiger partial charge in [0.1, 0.15) is 17.9 Å². The monoisotopic (exact) mass is 515 g/mol. The van der Waals surface area contributed by atoms with Gasteiger partial charge in [-0.2, -0.15) is 0 Å².